The van der Waals surface area contributed by atoms with E-state index < -0.39 is 0 Å². The highest BCUT2D eigenvalue weighted by Gasteiger charge is 2.14. The molecule has 21 heavy (non-hydrogen) atoms. The van der Waals surface area contributed by atoms with Gasteiger partial charge in [0, 0.05) is 25.0 Å². The van der Waals surface area contributed by atoms with Gasteiger partial charge in [-0.2, -0.15) is 9.97 Å². The molecule has 7 heteroatoms. The second kappa shape index (κ2) is 5.65. The molecule has 108 valence electrons. The normalized spacial score (nSPS) is 11.2. The Hall–Kier alpha value is -2.21. The van der Waals surface area contributed by atoms with Crippen molar-refractivity contribution < 1.29 is 0 Å². The maximum Gasteiger partial charge on any atom is 0.226 e. The van der Waals surface area contributed by atoms with Gasteiger partial charge in [-0.25, -0.2) is 4.98 Å². The standard InChI is InChI=1S/C14H15ClN6/c1-9(2)21-8-18-13-11(21)12(19-14(15)20-13)17-7-10-4-3-5-16-6-10/h3-6,8-9H,7H2,1-2H3,(H,17,19,20). The van der Waals surface area contributed by atoms with Gasteiger partial charge in [0.2, 0.25) is 5.28 Å². The van der Waals surface area contributed by atoms with Gasteiger partial charge < -0.3 is 9.88 Å². The molecule has 3 aromatic heterocycles. The monoisotopic (exact) mass is 302 g/mol. The fourth-order valence-corrected chi connectivity index (χ4v) is 2.29. The molecule has 0 amide bonds. The van der Waals surface area contributed by atoms with E-state index in [1.165, 1.54) is 0 Å². The Morgan fingerprint density at radius 1 is 1.33 bits per heavy atom. The van der Waals surface area contributed by atoms with Crippen molar-refractivity contribution in [1.82, 2.24) is 24.5 Å². The highest BCUT2D eigenvalue weighted by atomic mass is 35.5. The number of nitrogens with one attached hydrogen (secondary N) is 1. The van der Waals surface area contributed by atoms with Gasteiger partial charge in [0.15, 0.2) is 11.5 Å². The van der Waals surface area contributed by atoms with Crippen LogP contribution >= 0.6 is 11.6 Å². The lowest BCUT2D eigenvalue weighted by atomic mass is 10.3. The third-order valence-corrected chi connectivity index (χ3v) is 3.31. The van der Waals surface area contributed by atoms with Gasteiger partial charge in [-0.05, 0) is 37.1 Å². The molecule has 0 aromatic carbocycles. The van der Waals surface area contributed by atoms with Crippen molar-refractivity contribution in [2.75, 3.05) is 5.32 Å². The SMILES string of the molecule is CC(C)n1cnc2nc(Cl)nc(NCc3cccnc3)c21. The zero-order valence-corrected chi connectivity index (χ0v) is 12.5. The average Bonchev–Trinajstić information content (AvgIpc) is 2.89. The summed E-state index contributed by atoms with van der Waals surface area (Å²) in [6.07, 6.45) is 5.32. The summed E-state index contributed by atoms with van der Waals surface area (Å²) in [6, 6.07) is 4.16. The van der Waals surface area contributed by atoms with Crippen LogP contribution in [0.25, 0.3) is 11.2 Å². The smallest absolute Gasteiger partial charge is 0.226 e. The van der Waals surface area contributed by atoms with Crippen LogP contribution in [0.5, 0.6) is 0 Å². The second-order valence-corrected chi connectivity index (χ2v) is 5.31. The number of nitrogens with zero attached hydrogens (tertiary/aromatic N) is 5. The van der Waals surface area contributed by atoms with E-state index in [9.17, 15) is 0 Å². The minimum Gasteiger partial charge on any atom is -0.364 e. The Morgan fingerprint density at radius 3 is 2.90 bits per heavy atom. The van der Waals surface area contributed by atoms with Gasteiger partial charge in [-0.15, -0.1) is 0 Å². The maximum atomic E-state index is 5.97. The predicted molar refractivity (Wildman–Crippen MR) is 82.3 cm³/mol. The van der Waals surface area contributed by atoms with Crippen molar-refractivity contribution in [3.8, 4) is 0 Å². The number of imidazole rings is 1. The molecule has 0 aliphatic rings. The Bertz CT molecular complexity index is 753. The first kappa shape index (κ1) is 13.8. The highest BCUT2D eigenvalue weighted by Crippen LogP contribution is 2.24. The van der Waals surface area contributed by atoms with Crippen molar-refractivity contribution >= 4 is 28.6 Å². The van der Waals surface area contributed by atoms with E-state index in [2.05, 4.69) is 39.1 Å². The van der Waals surface area contributed by atoms with Crippen LogP contribution in [0, 0.1) is 0 Å². The summed E-state index contributed by atoms with van der Waals surface area (Å²) in [5.74, 6) is 0.681. The number of hydrogen-bond acceptors (Lipinski definition) is 5. The summed E-state index contributed by atoms with van der Waals surface area (Å²) in [6.45, 7) is 4.78. The van der Waals surface area contributed by atoms with Crippen molar-refractivity contribution in [1.29, 1.82) is 0 Å². The number of rotatable bonds is 4. The Morgan fingerprint density at radius 2 is 2.19 bits per heavy atom. The van der Waals surface area contributed by atoms with Gasteiger partial charge in [0.1, 0.15) is 5.52 Å². The molecule has 3 rings (SSSR count). The van der Waals surface area contributed by atoms with Gasteiger partial charge in [0.25, 0.3) is 0 Å². The topological polar surface area (TPSA) is 68.5 Å². The van der Waals surface area contributed by atoms with Crippen LogP contribution in [0.2, 0.25) is 5.28 Å². The summed E-state index contributed by atoms with van der Waals surface area (Å²) in [5, 5.41) is 3.48. The summed E-state index contributed by atoms with van der Waals surface area (Å²) in [5.41, 5.74) is 2.52. The minimum atomic E-state index is 0.185. The van der Waals surface area contributed by atoms with Crippen LogP contribution in [0.15, 0.2) is 30.9 Å². The summed E-state index contributed by atoms with van der Waals surface area (Å²) in [7, 11) is 0. The van der Waals surface area contributed by atoms with Crippen LogP contribution in [-0.4, -0.2) is 24.5 Å². The predicted octanol–water partition coefficient (Wildman–Crippen LogP) is 3.07. The van der Waals surface area contributed by atoms with Gasteiger partial charge in [-0.3, -0.25) is 4.98 Å². The zero-order valence-electron chi connectivity index (χ0n) is 11.8. The molecule has 3 heterocycles. The molecule has 0 saturated heterocycles. The molecule has 0 unspecified atom stereocenters. The van der Waals surface area contributed by atoms with Crippen LogP contribution in [0.3, 0.4) is 0 Å². The zero-order chi connectivity index (χ0) is 14.8. The molecular weight excluding hydrogens is 288 g/mol. The van der Waals surface area contributed by atoms with E-state index in [-0.39, 0.29) is 11.3 Å². The van der Waals surface area contributed by atoms with Crippen molar-refractivity contribution in [2.45, 2.75) is 26.4 Å². The number of fused-ring (bicyclic) bond motifs is 1. The Balaban J connectivity index is 1.98. The lowest BCUT2D eigenvalue weighted by Gasteiger charge is -2.12. The van der Waals surface area contributed by atoms with Crippen molar-refractivity contribution in [3.05, 3.63) is 41.7 Å². The molecule has 0 fully saturated rings. The first-order chi connectivity index (χ1) is 10.1. The first-order valence-corrected chi connectivity index (χ1v) is 7.06. The molecule has 0 saturated carbocycles. The molecular formula is C14H15ClN6. The average molecular weight is 303 g/mol. The number of hydrogen-bond donors (Lipinski definition) is 1. The van der Waals surface area contributed by atoms with E-state index in [0.717, 1.165) is 11.1 Å². The summed E-state index contributed by atoms with van der Waals surface area (Å²) in [4.78, 5) is 16.8. The lowest BCUT2D eigenvalue weighted by molar-refractivity contribution is 0.617. The van der Waals surface area contributed by atoms with E-state index in [0.29, 0.717) is 18.0 Å². The van der Waals surface area contributed by atoms with E-state index >= 15 is 0 Å². The molecule has 0 atom stereocenters. The largest absolute Gasteiger partial charge is 0.364 e. The lowest BCUT2D eigenvalue weighted by Crippen LogP contribution is -2.07. The van der Waals surface area contributed by atoms with Gasteiger partial charge in [0.05, 0.1) is 6.33 Å². The van der Waals surface area contributed by atoms with Crippen LogP contribution in [-0.2, 0) is 6.54 Å². The molecule has 6 nitrogen and oxygen atoms in total. The summed E-state index contributed by atoms with van der Waals surface area (Å²) < 4.78 is 2.03. The van der Waals surface area contributed by atoms with Crippen LogP contribution < -0.4 is 5.32 Å². The van der Waals surface area contributed by atoms with E-state index in [4.69, 9.17) is 11.6 Å². The molecule has 3 aromatic rings. The Kier molecular flexibility index (Phi) is 3.70. The highest BCUT2D eigenvalue weighted by molar-refractivity contribution is 6.28. The van der Waals surface area contributed by atoms with E-state index in [1.807, 2.05) is 22.9 Å². The third kappa shape index (κ3) is 2.80. The Labute approximate surface area is 127 Å². The maximum absolute atomic E-state index is 5.97. The fourth-order valence-electron chi connectivity index (χ4n) is 2.12. The number of halogens is 1. The van der Waals surface area contributed by atoms with Crippen LogP contribution in [0.1, 0.15) is 25.5 Å². The molecule has 0 spiro atoms. The number of anilines is 1. The minimum absolute atomic E-state index is 0.185. The molecule has 1 N–H and O–H groups in total. The van der Waals surface area contributed by atoms with Crippen molar-refractivity contribution in [2.24, 2.45) is 0 Å². The van der Waals surface area contributed by atoms with Gasteiger partial charge >= 0.3 is 0 Å². The summed E-state index contributed by atoms with van der Waals surface area (Å²) >= 11 is 5.97. The number of pyridine rings is 1. The van der Waals surface area contributed by atoms with E-state index in [1.54, 1.807) is 12.5 Å². The fraction of sp³-hybridized carbons (Fsp3) is 0.286. The third-order valence-electron chi connectivity index (χ3n) is 3.14. The molecule has 0 aliphatic carbocycles. The second-order valence-electron chi connectivity index (χ2n) is 4.97. The van der Waals surface area contributed by atoms with Gasteiger partial charge in [-0.1, -0.05) is 6.07 Å². The molecule has 0 aliphatic heterocycles. The molecule has 0 bridgehead atoms. The quantitative estimate of drug-likeness (QED) is 0.750. The first-order valence-electron chi connectivity index (χ1n) is 6.68. The van der Waals surface area contributed by atoms with Crippen molar-refractivity contribution in [3.63, 3.8) is 0 Å². The molecule has 0 radical (unpaired) electrons. The number of aromatic nitrogens is 5. The van der Waals surface area contributed by atoms with Crippen LogP contribution in [0.4, 0.5) is 5.82 Å².